The van der Waals surface area contributed by atoms with Crippen molar-refractivity contribution in [2.75, 3.05) is 6.54 Å². The number of nitrogens with one attached hydrogen (secondary N) is 1. The first kappa shape index (κ1) is 10.3. The van der Waals surface area contributed by atoms with E-state index in [-0.39, 0.29) is 28.5 Å². The van der Waals surface area contributed by atoms with Gasteiger partial charge in [-0.05, 0) is 24.6 Å². The highest BCUT2D eigenvalue weighted by atomic mass is 79.9. The molecule has 0 atom stereocenters. The largest absolute Gasteiger partial charge is 0.504 e. The second-order valence-corrected chi connectivity index (χ2v) is 3.00. The second-order valence-electron chi connectivity index (χ2n) is 3.00. The zero-order valence-electron chi connectivity index (χ0n) is 7.08. The Hall–Kier alpha value is -0.740. The van der Waals surface area contributed by atoms with E-state index in [1.54, 1.807) is 6.07 Å². The average Bonchev–Trinajstić information content (AvgIpc) is 2.12. The van der Waals surface area contributed by atoms with Crippen molar-refractivity contribution in [3.8, 4) is 11.5 Å². The third-order valence-corrected chi connectivity index (χ3v) is 2.23. The van der Waals surface area contributed by atoms with Crippen molar-refractivity contribution in [2.24, 2.45) is 0 Å². The predicted molar refractivity (Wildman–Crippen MR) is 55.5 cm³/mol. The van der Waals surface area contributed by atoms with Crippen LogP contribution in [0, 0.1) is 0 Å². The summed E-state index contributed by atoms with van der Waals surface area (Å²) >= 11 is 0. The van der Waals surface area contributed by atoms with E-state index in [1.165, 1.54) is 0 Å². The Bertz CT molecular complexity index is 315. The van der Waals surface area contributed by atoms with Crippen molar-refractivity contribution < 1.29 is 10.2 Å². The molecular formula is C9H12BrNO2. The van der Waals surface area contributed by atoms with Crippen molar-refractivity contribution in [1.29, 1.82) is 0 Å². The van der Waals surface area contributed by atoms with E-state index in [0.717, 1.165) is 24.1 Å². The summed E-state index contributed by atoms with van der Waals surface area (Å²) in [6.07, 6.45) is 0.920. The van der Waals surface area contributed by atoms with Gasteiger partial charge in [-0.3, -0.25) is 0 Å². The smallest absolute Gasteiger partial charge is 0.162 e. The second kappa shape index (κ2) is 3.98. The minimum absolute atomic E-state index is 0. The molecule has 4 heteroatoms. The first-order valence-electron chi connectivity index (χ1n) is 4.02. The molecule has 3 nitrogen and oxygen atoms in total. The van der Waals surface area contributed by atoms with Gasteiger partial charge in [0, 0.05) is 12.1 Å². The van der Waals surface area contributed by atoms with E-state index in [1.807, 2.05) is 6.07 Å². The number of halogens is 1. The van der Waals surface area contributed by atoms with Crippen LogP contribution < -0.4 is 5.32 Å². The summed E-state index contributed by atoms with van der Waals surface area (Å²) < 4.78 is 0. The van der Waals surface area contributed by atoms with Crippen molar-refractivity contribution in [3.05, 3.63) is 23.3 Å². The zero-order valence-corrected chi connectivity index (χ0v) is 8.79. The van der Waals surface area contributed by atoms with E-state index < -0.39 is 0 Å². The predicted octanol–water partition coefficient (Wildman–Crippen LogP) is 1.32. The molecule has 72 valence electrons. The van der Waals surface area contributed by atoms with E-state index in [4.69, 9.17) is 0 Å². The van der Waals surface area contributed by atoms with Gasteiger partial charge >= 0.3 is 0 Å². The lowest BCUT2D eigenvalue weighted by molar-refractivity contribution is 0.395. The fourth-order valence-corrected chi connectivity index (χ4v) is 1.53. The highest BCUT2D eigenvalue weighted by molar-refractivity contribution is 8.93. The molecule has 0 radical (unpaired) electrons. The van der Waals surface area contributed by atoms with Crippen LogP contribution in [0.2, 0.25) is 0 Å². The van der Waals surface area contributed by atoms with Gasteiger partial charge in [-0.15, -0.1) is 17.0 Å². The van der Waals surface area contributed by atoms with Crippen LogP contribution >= 0.6 is 17.0 Å². The maximum Gasteiger partial charge on any atom is 0.162 e. The van der Waals surface area contributed by atoms with Gasteiger partial charge in [0.1, 0.15) is 0 Å². The van der Waals surface area contributed by atoms with E-state index >= 15 is 0 Å². The third-order valence-electron chi connectivity index (χ3n) is 2.23. The molecule has 13 heavy (non-hydrogen) atoms. The molecule has 0 saturated carbocycles. The van der Waals surface area contributed by atoms with Gasteiger partial charge in [0.2, 0.25) is 0 Å². The molecule has 0 spiro atoms. The normalized spacial score (nSPS) is 14.5. The summed E-state index contributed by atoms with van der Waals surface area (Å²) in [5, 5.41) is 21.8. The van der Waals surface area contributed by atoms with Crippen molar-refractivity contribution in [3.63, 3.8) is 0 Å². The number of fused-ring (bicyclic) bond motifs is 1. The Kier molecular flexibility index (Phi) is 3.17. The molecule has 0 aromatic heterocycles. The summed E-state index contributed by atoms with van der Waals surface area (Å²) in [5.41, 5.74) is 1.96. The summed E-state index contributed by atoms with van der Waals surface area (Å²) in [5.74, 6) is -0.00264. The Balaban J connectivity index is 0.000000845. The maximum absolute atomic E-state index is 9.45. The highest BCUT2D eigenvalue weighted by Gasteiger charge is 2.14. The average molecular weight is 246 g/mol. The molecule has 1 aromatic carbocycles. The Labute approximate surface area is 87.2 Å². The molecule has 0 aliphatic carbocycles. The van der Waals surface area contributed by atoms with Crippen molar-refractivity contribution >= 4 is 17.0 Å². The monoisotopic (exact) mass is 245 g/mol. The summed E-state index contributed by atoms with van der Waals surface area (Å²) in [6, 6.07) is 3.41. The molecular weight excluding hydrogens is 234 g/mol. The third kappa shape index (κ3) is 1.78. The van der Waals surface area contributed by atoms with Gasteiger partial charge in [-0.1, -0.05) is 6.07 Å². The molecule has 0 fully saturated rings. The van der Waals surface area contributed by atoms with E-state index in [9.17, 15) is 10.2 Å². The van der Waals surface area contributed by atoms with Gasteiger partial charge in [0.05, 0.1) is 0 Å². The van der Waals surface area contributed by atoms with Crippen LogP contribution in [0.4, 0.5) is 0 Å². The number of phenols is 2. The molecule has 1 aliphatic rings. The Morgan fingerprint density at radius 1 is 1.23 bits per heavy atom. The molecule has 2 rings (SSSR count). The van der Waals surface area contributed by atoms with Crippen LogP contribution in [0.15, 0.2) is 12.1 Å². The molecule has 1 heterocycles. The number of aromatic hydroxyl groups is 2. The number of benzene rings is 1. The molecule has 3 N–H and O–H groups in total. The molecule has 0 saturated heterocycles. The Morgan fingerprint density at radius 3 is 2.77 bits per heavy atom. The van der Waals surface area contributed by atoms with Crippen LogP contribution in [0.1, 0.15) is 11.1 Å². The van der Waals surface area contributed by atoms with Crippen LogP contribution in [-0.4, -0.2) is 16.8 Å². The van der Waals surface area contributed by atoms with E-state index in [2.05, 4.69) is 5.32 Å². The highest BCUT2D eigenvalue weighted by Crippen LogP contribution is 2.32. The number of hydrogen-bond donors (Lipinski definition) is 3. The topological polar surface area (TPSA) is 52.5 Å². The maximum atomic E-state index is 9.45. The lowest BCUT2D eigenvalue weighted by Crippen LogP contribution is -2.23. The van der Waals surface area contributed by atoms with Gasteiger partial charge in [-0.2, -0.15) is 0 Å². The minimum Gasteiger partial charge on any atom is -0.504 e. The summed E-state index contributed by atoms with van der Waals surface area (Å²) in [4.78, 5) is 0. The minimum atomic E-state index is -0.0301. The standard InChI is InChI=1S/C9H11NO2.BrH/c11-8-2-1-6-3-4-10-5-7(6)9(8)12;/h1-2,10-12H,3-5H2;1H. The van der Waals surface area contributed by atoms with Crippen LogP contribution in [0.5, 0.6) is 11.5 Å². The first-order chi connectivity index (χ1) is 5.79. The number of hydrogen-bond acceptors (Lipinski definition) is 3. The van der Waals surface area contributed by atoms with Crippen molar-refractivity contribution in [1.82, 2.24) is 5.32 Å². The lowest BCUT2D eigenvalue weighted by Gasteiger charge is -2.18. The zero-order chi connectivity index (χ0) is 8.55. The van der Waals surface area contributed by atoms with Gasteiger partial charge < -0.3 is 15.5 Å². The lowest BCUT2D eigenvalue weighted by atomic mass is 10.00. The first-order valence-corrected chi connectivity index (χ1v) is 4.02. The molecule has 0 bridgehead atoms. The quantitative estimate of drug-likeness (QED) is 0.605. The molecule has 1 aromatic rings. The van der Waals surface area contributed by atoms with Crippen LogP contribution in [-0.2, 0) is 13.0 Å². The van der Waals surface area contributed by atoms with Crippen LogP contribution in [0.25, 0.3) is 0 Å². The fourth-order valence-electron chi connectivity index (χ4n) is 1.53. The fraction of sp³-hybridized carbons (Fsp3) is 0.333. The van der Waals surface area contributed by atoms with E-state index in [0.29, 0.717) is 6.54 Å². The van der Waals surface area contributed by atoms with Gasteiger partial charge in [-0.25, -0.2) is 0 Å². The molecule has 0 amide bonds. The summed E-state index contributed by atoms with van der Waals surface area (Å²) in [7, 11) is 0. The van der Waals surface area contributed by atoms with Gasteiger partial charge in [0.15, 0.2) is 11.5 Å². The number of rotatable bonds is 0. The number of phenolic OH excluding ortho intramolecular Hbond substituents is 2. The molecule has 0 unspecified atom stereocenters. The Morgan fingerprint density at radius 2 is 2.00 bits per heavy atom. The SMILES string of the molecule is Br.Oc1ccc2c(c1O)CNCC2. The summed E-state index contributed by atoms with van der Waals surface area (Å²) in [6.45, 7) is 1.59. The van der Waals surface area contributed by atoms with Crippen molar-refractivity contribution in [2.45, 2.75) is 13.0 Å². The van der Waals surface area contributed by atoms with Gasteiger partial charge in [0.25, 0.3) is 0 Å². The molecule has 1 aliphatic heterocycles. The van der Waals surface area contributed by atoms with Crippen LogP contribution in [0.3, 0.4) is 0 Å².